The van der Waals surface area contributed by atoms with Crippen molar-refractivity contribution in [1.82, 2.24) is 0 Å². The lowest BCUT2D eigenvalue weighted by atomic mass is 10.1. The summed E-state index contributed by atoms with van der Waals surface area (Å²) in [5, 5.41) is 22.7. The zero-order chi connectivity index (χ0) is 14.4. The van der Waals surface area contributed by atoms with E-state index in [1.807, 2.05) is 6.92 Å². The van der Waals surface area contributed by atoms with Gasteiger partial charge in [0.1, 0.15) is 6.04 Å². The minimum absolute atomic E-state index is 0.0333. The third kappa shape index (κ3) is 4.24. The van der Waals surface area contributed by atoms with Gasteiger partial charge in [0.05, 0.1) is 4.92 Å². The van der Waals surface area contributed by atoms with E-state index in [0.717, 1.165) is 12.8 Å². The first kappa shape index (κ1) is 14.9. The number of aliphatic carboxylic acids is 1. The molecule has 1 unspecified atom stereocenters. The summed E-state index contributed by atoms with van der Waals surface area (Å²) in [5.41, 5.74) is 1.13. The minimum Gasteiger partial charge on any atom is -0.480 e. The molecule has 1 aromatic rings. The van der Waals surface area contributed by atoms with E-state index in [2.05, 4.69) is 5.32 Å². The van der Waals surface area contributed by atoms with Gasteiger partial charge in [-0.3, -0.25) is 10.1 Å². The van der Waals surface area contributed by atoms with Gasteiger partial charge < -0.3 is 10.4 Å². The van der Waals surface area contributed by atoms with Crippen LogP contribution in [0.1, 0.15) is 31.7 Å². The van der Waals surface area contributed by atoms with Gasteiger partial charge in [-0.1, -0.05) is 19.8 Å². The van der Waals surface area contributed by atoms with Crippen molar-refractivity contribution >= 4 is 17.3 Å². The Morgan fingerprint density at radius 3 is 2.68 bits per heavy atom. The lowest BCUT2D eigenvalue weighted by Crippen LogP contribution is -2.29. The fourth-order valence-electron chi connectivity index (χ4n) is 1.82. The van der Waals surface area contributed by atoms with E-state index in [9.17, 15) is 14.9 Å². The second-order valence-electron chi connectivity index (χ2n) is 4.44. The number of anilines is 1. The Morgan fingerprint density at radius 1 is 1.53 bits per heavy atom. The van der Waals surface area contributed by atoms with E-state index in [4.69, 9.17) is 5.11 Å². The van der Waals surface area contributed by atoms with E-state index in [-0.39, 0.29) is 5.69 Å². The van der Waals surface area contributed by atoms with Gasteiger partial charge in [-0.15, -0.1) is 0 Å². The minimum atomic E-state index is -0.913. The van der Waals surface area contributed by atoms with E-state index in [1.54, 1.807) is 13.0 Å². The Morgan fingerprint density at radius 2 is 2.21 bits per heavy atom. The Labute approximate surface area is 111 Å². The lowest BCUT2D eigenvalue weighted by molar-refractivity contribution is -0.385. The molecule has 0 aliphatic heterocycles. The molecule has 0 aromatic heterocycles. The zero-order valence-electron chi connectivity index (χ0n) is 11.0. The predicted octanol–water partition coefficient (Wildman–Crippen LogP) is 2.96. The molecule has 19 heavy (non-hydrogen) atoms. The fourth-order valence-corrected chi connectivity index (χ4v) is 1.82. The van der Waals surface area contributed by atoms with Crippen LogP contribution in [0.4, 0.5) is 11.4 Å². The number of nitro groups is 1. The van der Waals surface area contributed by atoms with Crippen LogP contribution in [0.5, 0.6) is 0 Å². The molecular weight excluding hydrogens is 248 g/mol. The molecule has 0 aliphatic carbocycles. The van der Waals surface area contributed by atoms with Crippen molar-refractivity contribution in [3.8, 4) is 0 Å². The van der Waals surface area contributed by atoms with Crippen LogP contribution in [-0.2, 0) is 4.79 Å². The summed E-state index contributed by atoms with van der Waals surface area (Å²) in [6, 6.07) is 3.85. The molecule has 6 nitrogen and oxygen atoms in total. The third-order valence-corrected chi connectivity index (χ3v) is 2.88. The number of carboxylic acids is 1. The van der Waals surface area contributed by atoms with Gasteiger partial charge >= 0.3 is 5.97 Å². The molecule has 0 fully saturated rings. The van der Waals surface area contributed by atoms with Crippen LogP contribution in [0.15, 0.2) is 18.2 Å². The molecule has 0 aliphatic rings. The highest BCUT2D eigenvalue weighted by atomic mass is 16.6. The fraction of sp³-hybridized carbons (Fsp3) is 0.462. The van der Waals surface area contributed by atoms with Crippen molar-refractivity contribution < 1.29 is 14.8 Å². The molecule has 1 atom stereocenters. The molecule has 1 aromatic carbocycles. The number of nitrogens with one attached hydrogen (secondary N) is 1. The van der Waals surface area contributed by atoms with Gasteiger partial charge in [0.15, 0.2) is 0 Å². The van der Waals surface area contributed by atoms with Gasteiger partial charge in [0.25, 0.3) is 5.69 Å². The zero-order valence-corrected chi connectivity index (χ0v) is 11.0. The van der Waals surface area contributed by atoms with Crippen molar-refractivity contribution in [2.24, 2.45) is 0 Å². The summed E-state index contributed by atoms with van der Waals surface area (Å²) < 4.78 is 0. The molecule has 0 amide bonds. The highest BCUT2D eigenvalue weighted by Gasteiger charge is 2.17. The molecule has 104 valence electrons. The maximum absolute atomic E-state index is 11.1. The lowest BCUT2D eigenvalue weighted by Gasteiger charge is -2.15. The number of rotatable bonds is 7. The van der Waals surface area contributed by atoms with Gasteiger partial charge in [-0.2, -0.15) is 0 Å². The van der Waals surface area contributed by atoms with Crippen LogP contribution in [0.2, 0.25) is 0 Å². The SMILES string of the molecule is CCCCC(Nc1ccc([N+](=O)[O-])c(C)c1)C(=O)O. The average molecular weight is 266 g/mol. The molecule has 6 heteroatoms. The van der Waals surface area contributed by atoms with Gasteiger partial charge in [0, 0.05) is 17.3 Å². The van der Waals surface area contributed by atoms with Crippen LogP contribution in [0.3, 0.4) is 0 Å². The predicted molar refractivity (Wildman–Crippen MR) is 72.4 cm³/mol. The highest BCUT2D eigenvalue weighted by molar-refractivity contribution is 5.77. The van der Waals surface area contributed by atoms with Crippen LogP contribution >= 0.6 is 0 Å². The maximum Gasteiger partial charge on any atom is 0.326 e. The number of aryl methyl sites for hydroxylation is 1. The van der Waals surface area contributed by atoms with Crippen LogP contribution in [-0.4, -0.2) is 22.0 Å². The molecule has 0 saturated carbocycles. The highest BCUT2D eigenvalue weighted by Crippen LogP contribution is 2.22. The average Bonchev–Trinajstić information content (AvgIpc) is 2.33. The van der Waals surface area contributed by atoms with E-state index in [0.29, 0.717) is 17.7 Å². The van der Waals surface area contributed by atoms with Crippen molar-refractivity contribution in [3.05, 3.63) is 33.9 Å². The molecule has 0 spiro atoms. The number of carbonyl (C=O) groups is 1. The number of nitrogens with zero attached hydrogens (tertiary/aromatic N) is 1. The van der Waals surface area contributed by atoms with Gasteiger partial charge in [-0.25, -0.2) is 4.79 Å². The molecule has 0 heterocycles. The number of unbranched alkanes of at least 4 members (excludes halogenated alkanes) is 1. The second kappa shape index (κ2) is 6.72. The Hall–Kier alpha value is -2.11. The normalized spacial score (nSPS) is 11.9. The van der Waals surface area contributed by atoms with E-state index >= 15 is 0 Å². The topological polar surface area (TPSA) is 92.5 Å². The summed E-state index contributed by atoms with van der Waals surface area (Å²) in [6.45, 7) is 3.63. The van der Waals surface area contributed by atoms with Crippen molar-refractivity contribution in [2.75, 3.05) is 5.32 Å². The largest absolute Gasteiger partial charge is 0.480 e. The number of hydrogen-bond acceptors (Lipinski definition) is 4. The summed E-state index contributed by atoms with van der Waals surface area (Å²) >= 11 is 0. The molecule has 0 bridgehead atoms. The van der Waals surface area contributed by atoms with E-state index < -0.39 is 16.9 Å². The first-order valence-corrected chi connectivity index (χ1v) is 6.20. The number of carboxylic acid groups (broad SMARTS) is 1. The van der Waals surface area contributed by atoms with Crippen molar-refractivity contribution in [1.29, 1.82) is 0 Å². The first-order chi connectivity index (χ1) is 8.95. The van der Waals surface area contributed by atoms with Crippen molar-refractivity contribution in [2.45, 2.75) is 39.2 Å². The van der Waals surface area contributed by atoms with Crippen LogP contribution in [0.25, 0.3) is 0 Å². The molecule has 0 radical (unpaired) electrons. The Balaban J connectivity index is 2.82. The van der Waals surface area contributed by atoms with Crippen molar-refractivity contribution in [3.63, 3.8) is 0 Å². The smallest absolute Gasteiger partial charge is 0.326 e. The van der Waals surface area contributed by atoms with Gasteiger partial charge in [-0.05, 0) is 25.5 Å². The monoisotopic (exact) mass is 266 g/mol. The molecular formula is C13H18N2O4. The third-order valence-electron chi connectivity index (χ3n) is 2.88. The Bertz CT molecular complexity index is 474. The summed E-state index contributed by atoms with van der Waals surface area (Å²) in [5.74, 6) is -0.913. The first-order valence-electron chi connectivity index (χ1n) is 6.20. The molecule has 0 saturated heterocycles. The molecule has 2 N–H and O–H groups in total. The second-order valence-corrected chi connectivity index (χ2v) is 4.44. The number of nitro benzene ring substituents is 1. The molecule has 1 rings (SSSR count). The van der Waals surface area contributed by atoms with E-state index in [1.165, 1.54) is 12.1 Å². The maximum atomic E-state index is 11.1. The Kier molecular flexibility index (Phi) is 5.29. The van der Waals surface area contributed by atoms with Crippen LogP contribution < -0.4 is 5.32 Å². The summed E-state index contributed by atoms with van der Waals surface area (Å²) in [7, 11) is 0. The quantitative estimate of drug-likeness (QED) is 0.584. The number of benzene rings is 1. The summed E-state index contributed by atoms with van der Waals surface area (Å²) in [4.78, 5) is 21.3. The summed E-state index contributed by atoms with van der Waals surface area (Å²) in [6.07, 6.45) is 2.27. The van der Waals surface area contributed by atoms with Crippen LogP contribution in [0, 0.1) is 17.0 Å². The number of hydrogen-bond donors (Lipinski definition) is 2. The van der Waals surface area contributed by atoms with Gasteiger partial charge in [0.2, 0.25) is 0 Å². The standard InChI is InChI=1S/C13H18N2O4/c1-3-4-5-11(13(16)17)14-10-6-7-12(15(18)19)9(2)8-10/h6-8,11,14H,3-5H2,1-2H3,(H,16,17).